The number of nitrogens with zero attached hydrogens (tertiary/aromatic N) is 3. The predicted molar refractivity (Wildman–Crippen MR) is 152 cm³/mol. The van der Waals surface area contributed by atoms with Gasteiger partial charge in [-0.2, -0.15) is 5.26 Å². The van der Waals surface area contributed by atoms with E-state index in [0.717, 1.165) is 48.4 Å². The first kappa shape index (κ1) is 24.4. The molecule has 3 aromatic carbocycles. The monoisotopic (exact) mass is 503 g/mol. The molecule has 3 unspecified atom stereocenters. The van der Waals surface area contributed by atoms with E-state index in [9.17, 15) is 14.9 Å². The van der Waals surface area contributed by atoms with Gasteiger partial charge in [0.05, 0.1) is 17.3 Å². The fourth-order valence-electron chi connectivity index (χ4n) is 6.77. The molecule has 38 heavy (non-hydrogen) atoms. The third kappa shape index (κ3) is 4.28. The Kier molecular flexibility index (Phi) is 6.49. The highest BCUT2D eigenvalue weighted by Crippen LogP contribution is 2.43. The van der Waals surface area contributed by atoms with Crippen LogP contribution < -0.4 is 9.80 Å². The van der Waals surface area contributed by atoms with Crippen LogP contribution in [0.15, 0.2) is 66.2 Å². The molecule has 0 N–H and O–H groups in total. The number of hydrogen-bond acceptors (Lipinski definition) is 4. The Balaban J connectivity index is 1.20. The number of unbranched alkanes of at least 4 members (excludes halogenated alkanes) is 1. The van der Waals surface area contributed by atoms with Crippen LogP contribution in [-0.4, -0.2) is 23.9 Å². The molecule has 5 nitrogen and oxygen atoms in total. The summed E-state index contributed by atoms with van der Waals surface area (Å²) in [5, 5.41) is 11.6. The normalized spacial score (nSPS) is 22.8. The zero-order valence-corrected chi connectivity index (χ0v) is 21.9. The van der Waals surface area contributed by atoms with Crippen molar-refractivity contribution in [1.29, 1.82) is 5.26 Å². The van der Waals surface area contributed by atoms with Crippen molar-refractivity contribution in [2.24, 2.45) is 5.92 Å². The number of carbonyl (C=O) groups is 2. The topological polar surface area (TPSA) is 64.4 Å². The Morgan fingerprint density at radius 1 is 0.895 bits per heavy atom. The van der Waals surface area contributed by atoms with Crippen LogP contribution in [0, 0.1) is 17.2 Å². The van der Waals surface area contributed by atoms with Crippen molar-refractivity contribution in [2.75, 3.05) is 9.80 Å². The third-order valence-electron chi connectivity index (χ3n) is 8.61. The smallest absolute Gasteiger partial charge is 0.237 e. The van der Waals surface area contributed by atoms with Gasteiger partial charge in [0.2, 0.25) is 11.8 Å². The summed E-state index contributed by atoms with van der Waals surface area (Å²) in [6, 6.07) is 23.5. The summed E-state index contributed by atoms with van der Waals surface area (Å²) >= 11 is 0. The minimum Gasteiger partial charge on any atom is -0.365 e. The van der Waals surface area contributed by atoms with Crippen LogP contribution in [0.2, 0.25) is 0 Å². The Hall–Kier alpha value is -3.91. The molecule has 3 heterocycles. The minimum absolute atomic E-state index is 0.0423. The third-order valence-corrected chi connectivity index (χ3v) is 8.61. The second-order valence-electron chi connectivity index (χ2n) is 11.0. The molecule has 0 spiro atoms. The number of nitriles is 1. The first-order valence-corrected chi connectivity index (χ1v) is 13.9. The number of piperidine rings is 1. The summed E-state index contributed by atoms with van der Waals surface area (Å²) in [5.74, 6) is -0.287. The molecular formula is C33H33N3O2. The molecule has 0 aromatic heterocycles. The number of rotatable bonds is 6. The average molecular weight is 504 g/mol. The molecule has 3 atom stereocenters. The molecule has 192 valence electrons. The van der Waals surface area contributed by atoms with E-state index in [1.54, 1.807) is 0 Å². The van der Waals surface area contributed by atoms with E-state index >= 15 is 0 Å². The molecule has 0 aliphatic carbocycles. The Morgan fingerprint density at radius 3 is 2.26 bits per heavy atom. The number of amides is 2. The van der Waals surface area contributed by atoms with Crippen molar-refractivity contribution < 1.29 is 9.59 Å². The lowest BCUT2D eigenvalue weighted by Gasteiger charge is -2.38. The molecule has 0 radical (unpaired) electrons. The lowest BCUT2D eigenvalue weighted by atomic mass is 9.92. The maximum absolute atomic E-state index is 12.9. The van der Waals surface area contributed by atoms with Gasteiger partial charge in [-0.25, -0.2) is 0 Å². The fraction of sp³-hybridized carbons (Fsp3) is 0.364. The van der Waals surface area contributed by atoms with Crippen molar-refractivity contribution in [3.05, 3.63) is 77.4 Å². The maximum Gasteiger partial charge on any atom is 0.237 e. The molecule has 3 fully saturated rings. The maximum atomic E-state index is 12.9. The van der Waals surface area contributed by atoms with Gasteiger partial charge >= 0.3 is 0 Å². The molecule has 5 heteroatoms. The minimum atomic E-state index is -0.168. The van der Waals surface area contributed by atoms with E-state index in [0.29, 0.717) is 24.2 Å². The van der Waals surface area contributed by atoms with Gasteiger partial charge in [0.25, 0.3) is 0 Å². The number of benzene rings is 3. The zero-order valence-electron chi connectivity index (χ0n) is 21.9. The van der Waals surface area contributed by atoms with Crippen molar-refractivity contribution in [2.45, 2.75) is 70.4 Å². The Bertz CT molecular complexity index is 1450. The van der Waals surface area contributed by atoms with Crippen LogP contribution in [-0.2, 0) is 9.59 Å². The summed E-state index contributed by atoms with van der Waals surface area (Å²) < 4.78 is 0. The van der Waals surface area contributed by atoms with Gasteiger partial charge in [-0.3, -0.25) is 14.5 Å². The van der Waals surface area contributed by atoms with Crippen LogP contribution in [0.1, 0.15) is 69.4 Å². The Labute approximate surface area is 224 Å². The highest BCUT2D eigenvalue weighted by molar-refractivity contribution is 6.20. The van der Waals surface area contributed by atoms with Crippen molar-refractivity contribution in [3.63, 3.8) is 0 Å². The molecule has 2 amide bonds. The largest absolute Gasteiger partial charge is 0.365 e. The van der Waals surface area contributed by atoms with Crippen LogP contribution >= 0.6 is 0 Å². The van der Waals surface area contributed by atoms with E-state index in [2.05, 4.69) is 48.2 Å². The SMILES string of the molecule is CCCCC1CC(=O)N(c2ccc(N3C4CCC3CC(=Cc3ccc(C#N)c5ccccc35)C4)cc2)C1=O. The van der Waals surface area contributed by atoms with E-state index in [4.69, 9.17) is 0 Å². The highest BCUT2D eigenvalue weighted by atomic mass is 16.2. The van der Waals surface area contributed by atoms with Crippen molar-refractivity contribution >= 4 is 40.0 Å². The van der Waals surface area contributed by atoms with Crippen LogP contribution in [0.4, 0.5) is 11.4 Å². The van der Waals surface area contributed by atoms with Crippen LogP contribution in [0.25, 0.3) is 16.8 Å². The molecule has 6 rings (SSSR count). The lowest BCUT2D eigenvalue weighted by molar-refractivity contribution is -0.122. The van der Waals surface area contributed by atoms with E-state index in [-0.39, 0.29) is 17.7 Å². The van der Waals surface area contributed by atoms with E-state index in [1.165, 1.54) is 34.6 Å². The average Bonchev–Trinajstić information content (AvgIpc) is 3.38. The predicted octanol–water partition coefficient (Wildman–Crippen LogP) is 7.00. The summed E-state index contributed by atoms with van der Waals surface area (Å²) in [7, 11) is 0. The van der Waals surface area contributed by atoms with Gasteiger partial charge in [-0.05, 0) is 73.4 Å². The summed E-state index contributed by atoms with van der Waals surface area (Å²) in [4.78, 5) is 29.5. The van der Waals surface area contributed by atoms with Gasteiger partial charge in [0.1, 0.15) is 0 Å². The number of fused-ring (bicyclic) bond motifs is 3. The number of imide groups is 1. The van der Waals surface area contributed by atoms with E-state index < -0.39 is 0 Å². The second-order valence-corrected chi connectivity index (χ2v) is 11.0. The molecule has 3 aliphatic rings. The van der Waals surface area contributed by atoms with Gasteiger partial charge in [0.15, 0.2) is 0 Å². The van der Waals surface area contributed by atoms with Crippen molar-refractivity contribution in [1.82, 2.24) is 0 Å². The number of carbonyl (C=O) groups excluding carboxylic acids is 2. The second kappa shape index (κ2) is 10.1. The summed E-state index contributed by atoms with van der Waals surface area (Å²) in [6.07, 6.45) is 9.86. The molecule has 2 bridgehead atoms. The molecule has 0 saturated carbocycles. The molecule has 3 aliphatic heterocycles. The molecule has 3 aromatic rings. The molecular weight excluding hydrogens is 470 g/mol. The molecule has 3 saturated heterocycles. The van der Waals surface area contributed by atoms with Gasteiger partial charge in [0, 0.05) is 35.5 Å². The highest BCUT2D eigenvalue weighted by Gasteiger charge is 2.40. The summed E-state index contributed by atoms with van der Waals surface area (Å²) in [6.45, 7) is 2.11. The van der Waals surface area contributed by atoms with Crippen molar-refractivity contribution in [3.8, 4) is 6.07 Å². The van der Waals surface area contributed by atoms with E-state index in [1.807, 2.05) is 36.4 Å². The number of hydrogen-bond donors (Lipinski definition) is 0. The van der Waals surface area contributed by atoms with Crippen LogP contribution in [0.3, 0.4) is 0 Å². The Morgan fingerprint density at radius 2 is 1.58 bits per heavy atom. The fourth-order valence-corrected chi connectivity index (χ4v) is 6.77. The first-order valence-electron chi connectivity index (χ1n) is 13.9. The standard InChI is InChI=1S/C33H33N3O2/c1-2-3-6-24-20-32(37)36(33(24)38)27-13-11-26(12-14-27)35-28-15-16-29(35)19-22(18-28)17-23-9-10-25(21-34)31-8-5-4-7-30(23)31/h4-5,7-14,17,24,28-29H,2-3,6,15-16,18-20H2,1H3. The van der Waals surface area contributed by atoms with Gasteiger partial charge in [-0.15, -0.1) is 0 Å². The first-order chi connectivity index (χ1) is 18.6. The zero-order chi connectivity index (χ0) is 26.2. The number of anilines is 2. The van der Waals surface area contributed by atoms with Gasteiger partial charge in [-0.1, -0.05) is 61.7 Å². The van der Waals surface area contributed by atoms with Gasteiger partial charge < -0.3 is 4.90 Å². The van der Waals surface area contributed by atoms with Crippen LogP contribution in [0.5, 0.6) is 0 Å². The lowest BCUT2D eigenvalue weighted by Crippen LogP contribution is -2.40. The quantitative estimate of drug-likeness (QED) is 0.340. The summed E-state index contributed by atoms with van der Waals surface area (Å²) in [5.41, 5.74) is 5.23.